The molecule has 0 radical (unpaired) electrons. The van der Waals surface area contributed by atoms with Crippen molar-refractivity contribution in [2.75, 3.05) is 7.11 Å². The third-order valence-corrected chi connectivity index (χ3v) is 5.91. The van der Waals surface area contributed by atoms with Crippen LogP contribution >= 0.6 is 11.8 Å². The molecule has 7 heteroatoms. The van der Waals surface area contributed by atoms with Gasteiger partial charge in [0.25, 0.3) is 0 Å². The highest BCUT2D eigenvalue weighted by Crippen LogP contribution is 2.28. The summed E-state index contributed by atoms with van der Waals surface area (Å²) in [6.07, 6.45) is 0.999. The molecule has 2 aromatic heterocycles. The van der Waals surface area contributed by atoms with Crippen molar-refractivity contribution in [1.29, 1.82) is 0 Å². The summed E-state index contributed by atoms with van der Waals surface area (Å²) in [5.41, 5.74) is 5.17. The Morgan fingerprint density at radius 2 is 1.87 bits per heavy atom. The molecule has 0 aliphatic carbocycles. The van der Waals surface area contributed by atoms with Gasteiger partial charge in [0.15, 0.2) is 5.82 Å². The Morgan fingerprint density at radius 3 is 2.60 bits per heavy atom. The first-order valence-electron chi connectivity index (χ1n) is 9.71. The molecule has 2 aromatic carbocycles. The Balaban J connectivity index is 1.60. The second-order valence-corrected chi connectivity index (χ2v) is 7.82. The monoisotopic (exact) mass is 418 g/mol. The molecule has 0 aliphatic heterocycles. The van der Waals surface area contributed by atoms with Gasteiger partial charge in [-0.2, -0.15) is 0 Å². The van der Waals surface area contributed by atoms with Crippen molar-refractivity contribution in [3.8, 4) is 11.4 Å². The number of fused-ring (bicyclic) bond motifs is 1. The predicted molar refractivity (Wildman–Crippen MR) is 119 cm³/mol. The number of aryl methyl sites for hydroxylation is 2. The molecule has 0 atom stereocenters. The first-order chi connectivity index (χ1) is 14.6. The summed E-state index contributed by atoms with van der Waals surface area (Å²) < 4.78 is 5.01. The number of pyridine rings is 1. The fourth-order valence-electron chi connectivity index (χ4n) is 3.39. The van der Waals surface area contributed by atoms with Gasteiger partial charge in [0, 0.05) is 16.7 Å². The molecule has 6 nitrogen and oxygen atoms in total. The molecule has 2 heterocycles. The maximum Gasteiger partial charge on any atom is 0.340 e. The Labute approximate surface area is 179 Å². The zero-order valence-electron chi connectivity index (χ0n) is 17.1. The number of methoxy groups -OCH3 is 1. The summed E-state index contributed by atoms with van der Waals surface area (Å²) in [6, 6.07) is 16.1. The number of thioether (sulfide) groups is 1. The van der Waals surface area contributed by atoms with Gasteiger partial charge in [-0.1, -0.05) is 61.2 Å². The molecule has 4 rings (SSSR count). The lowest BCUT2D eigenvalue weighted by Crippen LogP contribution is -2.10. The first kappa shape index (κ1) is 20.1. The average molecular weight is 419 g/mol. The van der Waals surface area contributed by atoms with Gasteiger partial charge in [-0.05, 0) is 30.5 Å². The van der Waals surface area contributed by atoms with Crippen molar-refractivity contribution in [3.05, 3.63) is 70.9 Å². The summed E-state index contributed by atoms with van der Waals surface area (Å²) in [5, 5.41) is 8.86. The number of carbonyl (C=O) groups is 1. The third kappa shape index (κ3) is 3.93. The highest BCUT2D eigenvalue weighted by Gasteiger charge is 2.20. The Bertz CT molecular complexity index is 1200. The SMILES string of the molecule is CCc1ccc(-c2nc(SCc3nc4ccccc4c(C)c3C(=O)OC)n[nH]2)cc1. The van der Waals surface area contributed by atoms with Crippen molar-refractivity contribution in [3.63, 3.8) is 0 Å². The molecule has 0 saturated heterocycles. The molecule has 1 N–H and O–H groups in total. The lowest BCUT2D eigenvalue weighted by atomic mass is 10.0. The lowest BCUT2D eigenvalue weighted by molar-refractivity contribution is 0.0598. The number of benzene rings is 2. The zero-order valence-corrected chi connectivity index (χ0v) is 17.9. The minimum atomic E-state index is -0.381. The van der Waals surface area contributed by atoms with E-state index in [1.165, 1.54) is 24.4 Å². The van der Waals surface area contributed by atoms with Crippen LogP contribution in [-0.2, 0) is 16.9 Å². The molecule has 152 valence electrons. The highest BCUT2D eigenvalue weighted by atomic mass is 32.2. The van der Waals surface area contributed by atoms with E-state index in [9.17, 15) is 4.79 Å². The van der Waals surface area contributed by atoms with Gasteiger partial charge >= 0.3 is 5.97 Å². The van der Waals surface area contributed by atoms with Crippen molar-refractivity contribution >= 4 is 28.6 Å². The average Bonchev–Trinajstić information content (AvgIpc) is 3.26. The molecule has 0 saturated carbocycles. The van der Waals surface area contributed by atoms with Gasteiger partial charge in [-0.3, -0.25) is 10.1 Å². The summed E-state index contributed by atoms with van der Waals surface area (Å²) in [7, 11) is 1.39. The molecular weight excluding hydrogens is 396 g/mol. The van der Waals surface area contributed by atoms with Crippen LogP contribution in [0, 0.1) is 6.92 Å². The molecule has 0 amide bonds. The normalized spacial score (nSPS) is 11.0. The number of nitrogens with zero attached hydrogens (tertiary/aromatic N) is 3. The molecule has 0 fully saturated rings. The number of aromatic amines is 1. The van der Waals surface area contributed by atoms with E-state index in [1.807, 2.05) is 43.3 Å². The maximum atomic E-state index is 12.4. The van der Waals surface area contributed by atoms with E-state index in [0.717, 1.165) is 34.3 Å². The number of para-hydroxylation sites is 1. The Kier molecular flexibility index (Phi) is 5.81. The number of aromatic nitrogens is 4. The fraction of sp³-hybridized carbons (Fsp3) is 0.217. The molecule has 4 aromatic rings. The van der Waals surface area contributed by atoms with E-state index < -0.39 is 0 Å². The van der Waals surface area contributed by atoms with Crippen molar-refractivity contribution in [1.82, 2.24) is 20.2 Å². The quantitative estimate of drug-likeness (QED) is 0.352. The molecule has 0 aliphatic rings. The predicted octanol–water partition coefficient (Wildman–Crippen LogP) is 4.97. The van der Waals surface area contributed by atoms with Crippen LogP contribution < -0.4 is 0 Å². The number of esters is 1. The zero-order chi connectivity index (χ0) is 21.1. The van der Waals surface area contributed by atoms with Gasteiger partial charge in [-0.15, -0.1) is 5.10 Å². The Morgan fingerprint density at radius 1 is 1.10 bits per heavy atom. The molecule has 0 bridgehead atoms. The second kappa shape index (κ2) is 8.67. The summed E-state index contributed by atoms with van der Waals surface area (Å²) in [6.45, 7) is 4.05. The van der Waals surface area contributed by atoms with E-state index in [0.29, 0.717) is 22.2 Å². The van der Waals surface area contributed by atoms with Crippen molar-refractivity contribution < 1.29 is 9.53 Å². The smallest absolute Gasteiger partial charge is 0.340 e. The van der Waals surface area contributed by atoms with Crippen LogP contribution in [0.5, 0.6) is 0 Å². The molecule has 0 spiro atoms. The third-order valence-electron chi connectivity index (χ3n) is 5.06. The molecule has 0 unspecified atom stereocenters. The van der Waals surface area contributed by atoms with Gasteiger partial charge in [0.05, 0.1) is 23.9 Å². The topological polar surface area (TPSA) is 80.8 Å². The van der Waals surface area contributed by atoms with E-state index in [2.05, 4.69) is 34.2 Å². The van der Waals surface area contributed by atoms with E-state index >= 15 is 0 Å². The number of hydrogen-bond acceptors (Lipinski definition) is 6. The molecular formula is C23H22N4O2S. The van der Waals surface area contributed by atoms with Crippen LogP contribution in [0.15, 0.2) is 53.7 Å². The van der Waals surface area contributed by atoms with Crippen LogP contribution in [0.1, 0.15) is 34.1 Å². The number of ether oxygens (including phenoxy) is 1. The second-order valence-electron chi connectivity index (χ2n) is 6.87. The van der Waals surface area contributed by atoms with Gasteiger partial charge < -0.3 is 4.74 Å². The fourth-order valence-corrected chi connectivity index (χ4v) is 4.13. The van der Waals surface area contributed by atoms with Crippen LogP contribution in [0.25, 0.3) is 22.3 Å². The standard InChI is InChI=1S/C23H22N4O2S/c1-4-15-9-11-16(12-10-15)21-25-23(27-26-21)30-13-19-20(22(28)29-3)14(2)17-7-5-6-8-18(17)24-19/h5-12H,4,13H2,1-3H3,(H,25,26,27). The number of nitrogens with one attached hydrogen (secondary N) is 1. The summed E-state index contributed by atoms with van der Waals surface area (Å²) >= 11 is 1.43. The Hall–Kier alpha value is -3.19. The summed E-state index contributed by atoms with van der Waals surface area (Å²) in [5.74, 6) is 0.798. The number of hydrogen-bond donors (Lipinski definition) is 1. The summed E-state index contributed by atoms with van der Waals surface area (Å²) in [4.78, 5) is 21.7. The van der Waals surface area contributed by atoms with E-state index in [4.69, 9.17) is 9.72 Å². The lowest BCUT2D eigenvalue weighted by Gasteiger charge is -2.12. The highest BCUT2D eigenvalue weighted by molar-refractivity contribution is 7.98. The van der Waals surface area contributed by atoms with E-state index in [-0.39, 0.29) is 5.97 Å². The minimum absolute atomic E-state index is 0.381. The van der Waals surface area contributed by atoms with Crippen LogP contribution in [0.3, 0.4) is 0 Å². The largest absolute Gasteiger partial charge is 0.465 e. The van der Waals surface area contributed by atoms with Crippen LogP contribution in [0.2, 0.25) is 0 Å². The van der Waals surface area contributed by atoms with Crippen LogP contribution in [-0.4, -0.2) is 33.2 Å². The van der Waals surface area contributed by atoms with E-state index in [1.54, 1.807) is 0 Å². The molecule has 30 heavy (non-hydrogen) atoms. The minimum Gasteiger partial charge on any atom is -0.465 e. The van der Waals surface area contributed by atoms with Gasteiger partial charge in [-0.25, -0.2) is 9.78 Å². The van der Waals surface area contributed by atoms with Crippen LogP contribution in [0.4, 0.5) is 0 Å². The van der Waals surface area contributed by atoms with Crippen molar-refractivity contribution in [2.24, 2.45) is 0 Å². The van der Waals surface area contributed by atoms with Gasteiger partial charge in [0.1, 0.15) is 0 Å². The number of rotatable bonds is 6. The van der Waals surface area contributed by atoms with Crippen molar-refractivity contribution in [2.45, 2.75) is 31.2 Å². The number of carbonyl (C=O) groups excluding carboxylic acids is 1. The maximum absolute atomic E-state index is 12.4. The van der Waals surface area contributed by atoms with Gasteiger partial charge in [0.2, 0.25) is 5.16 Å². The number of H-pyrrole nitrogens is 1. The first-order valence-corrected chi connectivity index (χ1v) is 10.7.